The van der Waals surface area contributed by atoms with Crippen LogP contribution in [0.4, 0.5) is 0 Å². The summed E-state index contributed by atoms with van der Waals surface area (Å²) in [6.45, 7) is 68.4. The van der Waals surface area contributed by atoms with Crippen LogP contribution in [0.1, 0.15) is 228 Å². The molecule has 0 spiro atoms. The van der Waals surface area contributed by atoms with Crippen LogP contribution in [-0.2, 0) is 0 Å². The Morgan fingerprint density at radius 1 is 0.356 bits per heavy atom. The van der Waals surface area contributed by atoms with Crippen molar-refractivity contribution in [3.05, 3.63) is 101 Å². The molecule has 16 unspecified atom stereocenters. The largest absolute Gasteiger partial charge is 2.00 e. The van der Waals surface area contributed by atoms with Crippen LogP contribution in [0.25, 0.3) is 0 Å². The fourth-order valence-corrected chi connectivity index (χ4v) is 53.6. The van der Waals surface area contributed by atoms with Crippen molar-refractivity contribution in [2.45, 2.75) is 302 Å². The number of rotatable bonds is 6. The first kappa shape index (κ1) is 79.4. The summed E-state index contributed by atoms with van der Waals surface area (Å²) in [4.78, 5) is 0. The van der Waals surface area contributed by atoms with Crippen LogP contribution < -0.4 is 17.0 Å². The van der Waals surface area contributed by atoms with E-state index in [1.165, 1.54) is 96.3 Å². The van der Waals surface area contributed by atoms with Crippen LogP contribution in [0.5, 0.6) is 0 Å². The molecular formula is C80H141BrMgOSi4. The Labute approximate surface area is 573 Å². The van der Waals surface area contributed by atoms with Gasteiger partial charge in [-0.2, -0.15) is 0 Å². The second-order valence-corrected chi connectivity index (χ2v) is 68.6. The van der Waals surface area contributed by atoms with Crippen molar-refractivity contribution in [3.63, 3.8) is 0 Å². The Bertz CT molecular complexity index is 2240. The first-order chi connectivity index (χ1) is 38.9. The topological polar surface area (TPSA) is 20.2 Å². The van der Waals surface area contributed by atoms with Gasteiger partial charge >= 0.3 is 23.1 Å². The maximum Gasteiger partial charge on any atom is 2.00 e. The van der Waals surface area contributed by atoms with E-state index in [-0.39, 0.29) is 54.1 Å². The van der Waals surface area contributed by atoms with Gasteiger partial charge in [-0.1, -0.05) is 267 Å². The van der Waals surface area contributed by atoms with Gasteiger partial charge < -0.3 is 29.5 Å². The normalized spacial score (nSPS) is 36.1. The van der Waals surface area contributed by atoms with Crippen LogP contribution in [-0.4, -0.2) is 65.1 Å². The Morgan fingerprint density at radius 3 is 0.655 bits per heavy atom. The third kappa shape index (κ3) is 15.5. The van der Waals surface area contributed by atoms with Crippen molar-refractivity contribution in [2.75, 3.05) is 6.61 Å². The number of fused-ring (bicyclic) bond motifs is 8. The first-order valence-electron chi connectivity index (χ1n) is 36.1. The maximum atomic E-state index is 7.57. The molecule has 12 rings (SSSR count). The van der Waals surface area contributed by atoms with Crippen molar-refractivity contribution < 1.29 is 22.1 Å². The van der Waals surface area contributed by atoms with Crippen LogP contribution in [0.15, 0.2) is 93.2 Å². The van der Waals surface area contributed by atoms with E-state index in [1.54, 1.807) is 29.2 Å². The van der Waals surface area contributed by atoms with Gasteiger partial charge in [0.25, 0.3) is 0 Å². The van der Waals surface area contributed by atoms with Gasteiger partial charge in [-0.15, -0.1) is 0 Å². The Morgan fingerprint density at radius 2 is 0.506 bits per heavy atom. The molecule has 7 heteroatoms. The van der Waals surface area contributed by atoms with Gasteiger partial charge in [0.05, 0.1) is 0 Å². The molecule has 4 fully saturated rings. The molecule has 0 aromatic rings. The minimum Gasteiger partial charge on any atom is -1.00 e. The fraction of sp³-hybridized carbons (Fsp3) is 0.787. The number of aliphatic hydroxyl groups is 1. The number of aliphatic hydroxyl groups excluding tert-OH is 1. The van der Waals surface area contributed by atoms with Crippen LogP contribution >= 0.6 is 0 Å². The van der Waals surface area contributed by atoms with E-state index in [4.69, 9.17) is 5.11 Å². The third-order valence-corrected chi connectivity index (χ3v) is 67.1. The summed E-state index contributed by atoms with van der Waals surface area (Å²) in [6, 6.07) is 0. The number of hydrogen-bond donors (Lipinski definition) is 1. The quantitative estimate of drug-likeness (QED) is 0.208. The predicted octanol–water partition coefficient (Wildman–Crippen LogP) is 21.6. The zero-order chi connectivity index (χ0) is 62.8. The van der Waals surface area contributed by atoms with Gasteiger partial charge in [0, 0.05) is 37.0 Å². The zero-order valence-corrected chi connectivity index (χ0v) is 69.7. The average molecular weight is 1340 g/mol. The van der Waals surface area contributed by atoms with Gasteiger partial charge in [0.2, 0.25) is 0 Å². The van der Waals surface area contributed by atoms with Crippen LogP contribution in [0.3, 0.4) is 0 Å². The van der Waals surface area contributed by atoms with Gasteiger partial charge in [0.15, 0.2) is 0 Å². The molecule has 12 aliphatic rings. The molecule has 1 N–H and O–H groups in total. The van der Waals surface area contributed by atoms with Gasteiger partial charge in [-0.05, 0) is 221 Å². The summed E-state index contributed by atoms with van der Waals surface area (Å²) in [5, 5.41) is 7.57. The van der Waals surface area contributed by atoms with E-state index in [0.717, 1.165) is 93.2 Å². The van der Waals surface area contributed by atoms with Crippen molar-refractivity contribution >= 4 is 53.4 Å². The molecule has 0 bridgehead atoms. The van der Waals surface area contributed by atoms with E-state index in [0.29, 0.717) is 21.7 Å². The molecule has 0 aliphatic heterocycles. The van der Waals surface area contributed by atoms with Crippen molar-refractivity contribution in [3.8, 4) is 0 Å². The summed E-state index contributed by atoms with van der Waals surface area (Å²) in [5.74, 6) is 10.4. The predicted molar refractivity (Wildman–Crippen MR) is 398 cm³/mol. The maximum absolute atomic E-state index is 7.57. The molecule has 16 atom stereocenters. The Balaban J connectivity index is 0.000000307. The van der Waals surface area contributed by atoms with E-state index >= 15 is 0 Å². The van der Waals surface area contributed by atoms with Gasteiger partial charge in [-0.25, -0.2) is 0 Å². The summed E-state index contributed by atoms with van der Waals surface area (Å²) in [7, 11) is -5.92. The molecule has 492 valence electrons. The van der Waals surface area contributed by atoms with Gasteiger partial charge in [0.1, 0.15) is 0 Å². The van der Waals surface area contributed by atoms with Crippen LogP contribution in [0.2, 0.25) is 74.5 Å². The summed E-state index contributed by atoms with van der Waals surface area (Å²) >= 11 is 0. The first-order valence-corrected chi connectivity index (χ1v) is 50.4. The molecule has 0 saturated heterocycles. The second-order valence-electron chi connectivity index (χ2n) is 36.7. The standard InChI is InChI=1S/2C34H54Si2.3C3H8.C2H6O.CH3.BrH.Mg/c2*1-21-15-27-25(13-11-23-17-33(3,4)19-29(23)27)31(21)35(7,8)36(9,10)32-22(2)16-28-26(32)14-12-24-18-34(5,6)20-30(24)28;3*1-3-2;1-2-3;;;/h2*11-14,21-22,25-28,31-32H,15-20H2,1-10H3;3*3H2,1-2H3;3H,2H2,1H3;1H3;1H;/q;;;;;;-1;;+2/p-1. The van der Waals surface area contributed by atoms with Gasteiger partial charge in [-0.3, -0.25) is 0 Å². The van der Waals surface area contributed by atoms with Crippen molar-refractivity contribution in [1.82, 2.24) is 0 Å². The monoisotopic (exact) mass is 1330 g/mol. The van der Waals surface area contributed by atoms with E-state index in [9.17, 15) is 0 Å². The Hall–Kier alpha value is -0.00623. The summed E-state index contributed by atoms with van der Waals surface area (Å²) in [6.07, 6.45) is 41.7. The Kier molecular flexibility index (Phi) is 27.4. The number of hydrogen-bond acceptors (Lipinski definition) is 1. The molecule has 1 nitrogen and oxygen atoms in total. The van der Waals surface area contributed by atoms with Crippen molar-refractivity contribution in [2.24, 2.45) is 92.7 Å². The van der Waals surface area contributed by atoms with Crippen LogP contribution in [0, 0.1) is 100 Å². The number of allylic oxidation sites excluding steroid dienone is 16. The molecule has 0 amide bonds. The number of halogens is 1. The van der Waals surface area contributed by atoms with E-state index in [2.05, 4.69) is 226 Å². The fourth-order valence-electron chi connectivity index (χ4n) is 22.7. The minimum atomic E-state index is -1.48. The van der Waals surface area contributed by atoms with E-state index in [1.807, 2.05) is 22.3 Å². The molecule has 0 heterocycles. The van der Waals surface area contributed by atoms with E-state index < -0.39 is 30.4 Å². The molecule has 4 saturated carbocycles. The molecule has 0 radical (unpaired) electrons. The molecular weight excluding hydrogens is 1190 g/mol. The summed E-state index contributed by atoms with van der Waals surface area (Å²) < 4.78 is 0. The zero-order valence-electron chi connectivity index (χ0n) is 62.7. The SMILES string of the molecule is CC1CC2C3=C(C=CC2C1[Si](C)(C)[Si](C)(C)C1C(C)CC2C4=C(C=CC21)CC(C)(C)C4)CC(C)(C)C3.CC1CC2C3=C(C=CC2C1[Si](C)(C)[Si](C)(C)C1C(C)CC2C4=C(C=CC21)CC(C)(C)C4)CC(C)(C)C3.CCC.CCC.CCC.CCO.[Br-].[CH3-].[Mg+2]. The third-order valence-electron chi connectivity index (χ3n) is 26.0. The minimum absolute atomic E-state index is 0. The molecule has 12 aliphatic carbocycles. The average Bonchev–Trinajstić information content (AvgIpc) is 1.79. The smallest absolute Gasteiger partial charge is 1.00 e. The second kappa shape index (κ2) is 30.0. The summed E-state index contributed by atoms with van der Waals surface area (Å²) in [5.41, 5.74) is 20.3. The molecule has 0 aromatic carbocycles. The molecule has 87 heavy (non-hydrogen) atoms. The molecule has 0 aromatic heterocycles. The van der Waals surface area contributed by atoms with Crippen molar-refractivity contribution in [1.29, 1.82) is 0 Å².